The maximum Gasteiger partial charge on any atom is 0.452 e. The minimum Gasteiger partial charge on any atom is -0.365 e. The second kappa shape index (κ2) is 7.23. The summed E-state index contributed by atoms with van der Waals surface area (Å²) in [6, 6.07) is 3.36. The molecule has 0 atom stereocenters. The number of alkyl halides is 3. The molecule has 27 heavy (non-hydrogen) atoms. The Labute approximate surface area is 151 Å². The SMILES string of the molecule is CC(C)Nc1nc2ccc(F)cc2n2c(C(F)(F)F)nnc12.CS(=O)(=O)O. The Bertz CT molecular complexity index is 1070. The topological polar surface area (TPSA) is 109 Å². The van der Waals surface area contributed by atoms with Gasteiger partial charge in [-0.2, -0.15) is 21.6 Å². The van der Waals surface area contributed by atoms with E-state index in [4.69, 9.17) is 4.55 Å². The van der Waals surface area contributed by atoms with E-state index in [0.29, 0.717) is 6.26 Å². The maximum absolute atomic E-state index is 13.4. The van der Waals surface area contributed by atoms with Crippen molar-refractivity contribution in [2.24, 2.45) is 0 Å². The molecule has 0 aliphatic rings. The van der Waals surface area contributed by atoms with Crippen molar-refractivity contribution in [3.63, 3.8) is 0 Å². The Morgan fingerprint density at radius 1 is 1.22 bits per heavy atom. The molecule has 0 bridgehead atoms. The number of benzene rings is 1. The number of nitrogens with one attached hydrogen (secondary N) is 1. The van der Waals surface area contributed by atoms with Gasteiger partial charge < -0.3 is 5.32 Å². The first-order valence-electron chi connectivity index (χ1n) is 7.38. The van der Waals surface area contributed by atoms with E-state index in [1.54, 1.807) is 0 Å². The Morgan fingerprint density at radius 3 is 2.33 bits per heavy atom. The molecule has 0 unspecified atom stereocenters. The van der Waals surface area contributed by atoms with Crippen LogP contribution in [0.25, 0.3) is 16.7 Å². The molecule has 1 aromatic carbocycles. The normalized spacial score (nSPS) is 12.3. The zero-order valence-corrected chi connectivity index (χ0v) is 15.1. The van der Waals surface area contributed by atoms with Crippen LogP contribution in [0.3, 0.4) is 0 Å². The van der Waals surface area contributed by atoms with Crippen molar-refractivity contribution < 1.29 is 30.5 Å². The average Bonchev–Trinajstić information content (AvgIpc) is 2.91. The number of aromatic nitrogens is 4. The molecule has 2 heterocycles. The van der Waals surface area contributed by atoms with Crippen LogP contribution in [0.15, 0.2) is 18.2 Å². The van der Waals surface area contributed by atoms with Crippen molar-refractivity contribution in [1.29, 1.82) is 0 Å². The molecule has 2 aromatic heterocycles. The lowest BCUT2D eigenvalue weighted by atomic mass is 10.2. The Balaban J connectivity index is 0.000000465. The van der Waals surface area contributed by atoms with Gasteiger partial charge in [0.15, 0.2) is 5.82 Å². The third kappa shape index (κ3) is 5.23. The number of hydrogen-bond acceptors (Lipinski definition) is 6. The predicted molar refractivity (Wildman–Crippen MR) is 89.5 cm³/mol. The van der Waals surface area contributed by atoms with Gasteiger partial charge in [0.25, 0.3) is 10.1 Å². The zero-order chi connectivity index (χ0) is 20.6. The fourth-order valence-electron chi connectivity index (χ4n) is 2.16. The quantitative estimate of drug-likeness (QED) is 0.495. The molecular formula is C14H15F4N5O3S. The molecule has 0 amide bonds. The highest BCUT2D eigenvalue weighted by atomic mass is 32.2. The predicted octanol–water partition coefficient (Wildman–Crippen LogP) is 2.76. The van der Waals surface area contributed by atoms with E-state index in [0.717, 1.165) is 16.5 Å². The summed E-state index contributed by atoms with van der Waals surface area (Å²) in [6.45, 7) is 3.63. The molecule has 0 aliphatic carbocycles. The third-order valence-corrected chi connectivity index (χ3v) is 2.96. The van der Waals surface area contributed by atoms with Gasteiger partial charge >= 0.3 is 6.18 Å². The maximum atomic E-state index is 13.4. The second-order valence-corrected chi connectivity index (χ2v) is 7.27. The number of rotatable bonds is 2. The summed E-state index contributed by atoms with van der Waals surface area (Å²) in [7, 11) is -3.67. The third-order valence-electron chi connectivity index (χ3n) is 2.96. The van der Waals surface area contributed by atoms with Crippen molar-refractivity contribution in [1.82, 2.24) is 19.6 Å². The highest BCUT2D eigenvalue weighted by Gasteiger charge is 2.38. The van der Waals surface area contributed by atoms with Crippen LogP contribution in [0, 0.1) is 5.82 Å². The first-order chi connectivity index (χ1) is 12.3. The lowest BCUT2D eigenvalue weighted by molar-refractivity contribution is -0.145. The summed E-state index contributed by atoms with van der Waals surface area (Å²) in [4.78, 5) is 4.21. The average molecular weight is 409 g/mol. The molecule has 0 saturated heterocycles. The van der Waals surface area contributed by atoms with E-state index in [1.807, 2.05) is 13.8 Å². The minimum absolute atomic E-state index is 0.0402. The van der Waals surface area contributed by atoms with E-state index in [1.165, 1.54) is 6.07 Å². The standard InChI is InChI=1S/C13H11F4N5.CH4O3S/c1-6(2)18-10-11-20-21-12(13(15,16)17)22(11)9-5-7(14)3-4-8(9)19-10;1-5(2,3)4/h3-6H,1-2H3,(H,18,19);1H3,(H,2,3,4). The number of hydrogen-bond donors (Lipinski definition) is 2. The molecule has 0 radical (unpaired) electrons. The number of fused-ring (bicyclic) bond motifs is 3. The van der Waals surface area contributed by atoms with E-state index >= 15 is 0 Å². The van der Waals surface area contributed by atoms with Crippen molar-refractivity contribution in [3.8, 4) is 0 Å². The number of halogens is 4. The van der Waals surface area contributed by atoms with Crippen LogP contribution in [0.1, 0.15) is 19.7 Å². The van der Waals surface area contributed by atoms with Crippen LogP contribution in [-0.4, -0.2) is 44.9 Å². The van der Waals surface area contributed by atoms with Gasteiger partial charge in [-0.25, -0.2) is 9.37 Å². The van der Waals surface area contributed by atoms with Crippen LogP contribution < -0.4 is 5.32 Å². The molecule has 0 saturated carbocycles. The van der Waals surface area contributed by atoms with Gasteiger partial charge in [0.1, 0.15) is 5.82 Å². The Morgan fingerprint density at radius 2 is 1.81 bits per heavy atom. The van der Waals surface area contributed by atoms with E-state index < -0.39 is 27.9 Å². The van der Waals surface area contributed by atoms with Gasteiger partial charge in [0.05, 0.1) is 17.3 Å². The highest BCUT2D eigenvalue weighted by molar-refractivity contribution is 7.85. The largest absolute Gasteiger partial charge is 0.452 e. The Hall–Kier alpha value is -2.54. The first kappa shape index (κ1) is 20.8. The monoisotopic (exact) mass is 409 g/mol. The van der Waals surface area contributed by atoms with Gasteiger partial charge in [0.2, 0.25) is 11.5 Å². The molecular weight excluding hydrogens is 394 g/mol. The van der Waals surface area contributed by atoms with Gasteiger partial charge in [-0.15, -0.1) is 10.2 Å². The van der Waals surface area contributed by atoms with Crippen LogP contribution in [-0.2, 0) is 16.3 Å². The summed E-state index contributed by atoms with van der Waals surface area (Å²) in [5, 5.41) is 9.69. The van der Waals surface area contributed by atoms with Crippen LogP contribution in [0.4, 0.5) is 23.4 Å². The molecule has 3 aromatic rings. The lowest BCUT2D eigenvalue weighted by Gasteiger charge is -2.13. The van der Waals surface area contributed by atoms with E-state index in [2.05, 4.69) is 20.5 Å². The summed E-state index contributed by atoms with van der Waals surface area (Å²) >= 11 is 0. The molecule has 3 rings (SSSR count). The van der Waals surface area contributed by atoms with E-state index in [-0.39, 0.29) is 28.5 Å². The smallest absolute Gasteiger partial charge is 0.365 e. The molecule has 13 heteroatoms. The molecule has 0 fully saturated rings. The van der Waals surface area contributed by atoms with E-state index in [9.17, 15) is 26.0 Å². The molecule has 2 N–H and O–H groups in total. The van der Waals surface area contributed by atoms with Crippen molar-refractivity contribution in [2.45, 2.75) is 26.1 Å². The van der Waals surface area contributed by atoms with Crippen molar-refractivity contribution in [2.75, 3.05) is 11.6 Å². The highest BCUT2D eigenvalue weighted by Crippen LogP contribution is 2.32. The molecule has 0 spiro atoms. The first-order valence-corrected chi connectivity index (χ1v) is 9.23. The van der Waals surface area contributed by atoms with Crippen LogP contribution in [0.2, 0.25) is 0 Å². The molecule has 8 nitrogen and oxygen atoms in total. The molecule has 148 valence electrons. The van der Waals surface area contributed by atoms with Crippen molar-refractivity contribution in [3.05, 3.63) is 29.8 Å². The summed E-state index contributed by atoms with van der Waals surface area (Å²) in [5.74, 6) is -1.72. The molecule has 0 aliphatic heterocycles. The van der Waals surface area contributed by atoms with Crippen LogP contribution >= 0.6 is 0 Å². The number of nitrogens with zero attached hydrogens (tertiary/aromatic N) is 4. The fraction of sp³-hybridized carbons (Fsp3) is 0.357. The Kier molecular flexibility index (Phi) is 5.56. The van der Waals surface area contributed by atoms with Gasteiger partial charge in [-0.1, -0.05) is 0 Å². The lowest BCUT2D eigenvalue weighted by Crippen LogP contribution is -2.15. The van der Waals surface area contributed by atoms with Crippen LogP contribution in [0.5, 0.6) is 0 Å². The van der Waals surface area contributed by atoms with Gasteiger partial charge in [0, 0.05) is 12.1 Å². The summed E-state index contributed by atoms with van der Waals surface area (Å²) < 4.78 is 79.4. The summed E-state index contributed by atoms with van der Waals surface area (Å²) in [5.41, 5.74) is 0.0723. The number of anilines is 1. The van der Waals surface area contributed by atoms with Crippen molar-refractivity contribution >= 4 is 32.6 Å². The van der Waals surface area contributed by atoms with Gasteiger partial charge in [-0.3, -0.25) is 8.95 Å². The second-order valence-electron chi connectivity index (χ2n) is 5.81. The zero-order valence-electron chi connectivity index (χ0n) is 14.3. The fourth-order valence-corrected chi connectivity index (χ4v) is 2.16. The van der Waals surface area contributed by atoms with Gasteiger partial charge in [-0.05, 0) is 26.0 Å². The summed E-state index contributed by atoms with van der Waals surface area (Å²) in [6.07, 6.45) is -4.00. The minimum atomic E-state index is -4.71.